The standard InChI is InChI=1S/C27H24Cl2N2O8S/c1-5-38-26(35)22-13(2)30-27-31(23(22)16-7-6-15(36-3)11-19(16)37-4)25(34)20(40-27)10-14-8-17(28)24(18(29)9-14)39-12-21(32)33/h6-11,23H,5,12H2,1-4H3,(H,32,33)/b20-10-/t23-/m1/s1. The van der Waals surface area contributed by atoms with Crippen molar-refractivity contribution in [3.05, 3.63) is 82.5 Å². The number of rotatable bonds is 9. The molecule has 0 saturated carbocycles. The number of aliphatic carboxylic acids is 1. The van der Waals surface area contributed by atoms with Crippen LogP contribution < -0.4 is 29.1 Å². The molecular formula is C27H24Cl2N2O8S. The molecule has 2 heterocycles. The van der Waals surface area contributed by atoms with Gasteiger partial charge in [-0.1, -0.05) is 34.5 Å². The lowest BCUT2D eigenvalue weighted by atomic mass is 9.95. The number of halogens is 2. The highest BCUT2D eigenvalue weighted by Crippen LogP contribution is 2.38. The summed E-state index contributed by atoms with van der Waals surface area (Å²) in [5.41, 5.74) is 1.21. The first kappa shape index (κ1) is 29.2. The number of esters is 1. The van der Waals surface area contributed by atoms with Gasteiger partial charge in [-0.2, -0.15) is 0 Å². The van der Waals surface area contributed by atoms with Gasteiger partial charge in [-0.15, -0.1) is 0 Å². The highest BCUT2D eigenvalue weighted by molar-refractivity contribution is 7.07. The summed E-state index contributed by atoms with van der Waals surface area (Å²) in [4.78, 5) is 42.8. The van der Waals surface area contributed by atoms with Crippen LogP contribution in [-0.4, -0.2) is 49.0 Å². The minimum absolute atomic E-state index is 0.0191. The topological polar surface area (TPSA) is 126 Å². The van der Waals surface area contributed by atoms with Crippen LogP contribution in [0.1, 0.15) is 31.0 Å². The summed E-state index contributed by atoms with van der Waals surface area (Å²) in [6, 6.07) is 7.22. The molecule has 0 spiro atoms. The van der Waals surface area contributed by atoms with Gasteiger partial charge in [0.1, 0.15) is 17.5 Å². The smallest absolute Gasteiger partial charge is 0.341 e. The average molecular weight is 607 g/mol. The Bertz CT molecular complexity index is 1690. The van der Waals surface area contributed by atoms with Gasteiger partial charge in [0.05, 0.1) is 46.7 Å². The van der Waals surface area contributed by atoms with E-state index in [2.05, 4.69) is 4.99 Å². The molecule has 0 unspecified atom stereocenters. The van der Waals surface area contributed by atoms with Crippen LogP contribution in [0.3, 0.4) is 0 Å². The molecule has 0 bridgehead atoms. The third-order valence-corrected chi connectivity index (χ3v) is 7.46. The Hall–Kier alpha value is -3.80. The lowest BCUT2D eigenvalue weighted by Crippen LogP contribution is -2.40. The first-order valence-electron chi connectivity index (χ1n) is 11.8. The number of carboxylic acid groups (broad SMARTS) is 1. The maximum absolute atomic E-state index is 13.9. The van der Waals surface area contributed by atoms with E-state index in [1.807, 2.05) is 0 Å². The van der Waals surface area contributed by atoms with Crippen molar-refractivity contribution in [2.75, 3.05) is 27.4 Å². The molecule has 0 saturated heterocycles. The molecule has 210 valence electrons. The molecule has 1 N–H and O–H groups in total. The predicted octanol–water partition coefficient (Wildman–Crippen LogP) is 3.59. The van der Waals surface area contributed by atoms with Crippen molar-refractivity contribution in [2.45, 2.75) is 19.9 Å². The number of allylic oxidation sites excluding steroid dienone is 1. The molecule has 1 aliphatic heterocycles. The Kier molecular flexibility index (Phi) is 8.87. The van der Waals surface area contributed by atoms with Crippen LogP contribution in [0.25, 0.3) is 6.08 Å². The molecule has 0 aliphatic carbocycles. The first-order valence-corrected chi connectivity index (χ1v) is 13.4. The Morgan fingerprint density at radius 2 is 1.85 bits per heavy atom. The van der Waals surface area contributed by atoms with Crippen molar-refractivity contribution in [3.63, 3.8) is 0 Å². The van der Waals surface area contributed by atoms with Crippen LogP contribution in [0.5, 0.6) is 17.2 Å². The molecule has 0 amide bonds. The van der Waals surface area contributed by atoms with Gasteiger partial charge in [-0.05, 0) is 49.8 Å². The second kappa shape index (κ2) is 12.2. The van der Waals surface area contributed by atoms with Gasteiger partial charge in [0.2, 0.25) is 0 Å². The lowest BCUT2D eigenvalue weighted by Gasteiger charge is -2.26. The van der Waals surface area contributed by atoms with Crippen LogP contribution in [-0.2, 0) is 14.3 Å². The minimum atomic E-state index is -1.18. The van der Waals surface area contributed by atoms with Crippen molar-refractivity contribution < 1.29 is 33.6 Å². The third kappa shape index (κ3) is 5.72. The normalized spacial score (nSPS) is 14.8. The summed E-state index contributed by atoms with van der Waals surface area (Å²) in [6.07, 6.45) is 1.58. The molecule has 10 nitrogen and oxygen atoms in total. The van der Waals surface area contributed by atoms with Gasteiger partial charge in [0.15, 0.2) is 17.2 Å². The second-order valence-corrected chi connectivity index (χ2v) is 10.2. The molecular weight excluding hydrogens is 583 g/mol. The lowest BCUT2D eigenvalue weighted by molar-refractivity contribution is -0.140. The predicted molar refractivity (Wildman–Crippen MR) is 150 cm³/mol. The van der Waals surface area contributed by atoms with Crippen LogP contribution in [0.15, 0.2) is 51.4 Å². The molecule has 1 aromatic heterocycles. The van der Waals surface area contributed by atoms with E-state index in [-0.39, 0.29) is 28.0 Å². The van der Waals surface area contributed by atoms with Crippen molar-refractivity contribution in [3.8, 4) is 17.2 Å². The van der Waals surface area contributed by atoms with E-state index in [0.29, 0.717) is 37.7 Å². The Labute approximate surface area is 242 Å². The Morgan fingerprint density at radius 3 is 2.45 bits per heavy atom. The molecule has 1 atom stereocenters. The number of carbonyl (C=O) groups is 2. The van der Waals surface area contributed by atoms with Crippen molar-refractivity contribution >= 4 is 52.6 Å². The summed E-state index contributed by atoms with van der Waals surface area (Å²) in [5, 5.41) is 9.03. The number of thiazole rings is 1. The maximum atomic E-state index is 13.9. The molecule has 0 radical (unpaired) electrons. The van der Waals surface area contributed by atoms with E-state index in [0.717, 1.165) is 11.3 Å². The average Bonchev–Trinajstić information content (AvgIpc) is 3.20. The fourth-order valence-corrected chi connectivity index (χ4v) is 5.88. The quantitative estimate of drug-likeness (QED) is 0.366. The summed E-state index contributed by atoms with van der Waals surface area (Å²) < 4.78 is 23.1. The zero-order valence-corrected chi connectivity index (χ0v) is 24.1. The third-order valence-electron chi connectivity index (χ3n) is 5.91. The number of aromatic nitrogens is 1. The Morgan fingerprint density at radius 1 is 1.15 bits per heavy atom. The molecule has 3 aromatic rings. The number of fused-ring (bicyclic) bond motifs is 1. The van der Waals surface area contributed by atoms with E-state index in [4.69, 9.17) is 47.3 Å². The van der Waals surface area contributed by atoms with Crippen molar-refractivity contribution in [1.29, 1.82) is 0 Å². The Balaban J connectivity index is 1.91. The van der Waals surface area contributed by atoms with E-state index in [1.54, 1.807) is 38.1 Å². The fraction of sp³-hybridized carbons (Fsp3) is 0.259. The number of methoxy groups -OCH3 is 2. The first-order chi connectivity index (χ1) is 19.1. The van der Waals surface area contributed by atoms with Gasteiger partial charge in [-0.25, -0.2) is 14.6 Å². The van der Waals surface area contributed by atoms with Crippen LogP contribution in [0, 0.1) is 0 Å². The highest BCUT2D eigenvalue weighted by Gasteiger charge is 2.35. The fourth-order valence-electron chi connectivity index (χ4n) is 4.22. The molecule has 1 aliphatic rings. The monoisotopic (exact) mass is 606 g/mol. The molecule has 4 rings (SSSR count). The van der Waals surface area contributed by atoms with E-state index in [9.17, 15) is 14.4 Å². The molecule has 2 aromatic carbocycles. The van der Waals surface area contributed by atoms with Gasteiger partial charge < -0.3 is 24.1 Å². The summed E-state index contributed by atoms with van der Waals surface area (Å²) in [5.74, 6) is -0.818. The highest BCUT2D eigenvalue weighted by atomic mass is 35.5. The van der Waals surface area contributed by atoms with Crippen molar-refractivity contribution in [2.24, 2.45) is 4.99 Å². The van der Waals surface area contributed by atoms with Crippen LogP contribution >= 0.6 is 34.5 Å². The van der Waals surface area contributed by atoms with E-state index >= 15 is 0 Å². The van der Waals surface area contributed by atoms with Crippen LogP contribution in [0.4, 0.5) is 0 Å². The van der Waals surface area contributed by atoms with E-state index in [1.165, 1.54) is 30.9 Å². The maximum Gasteiger partial charge on any atom is 0.341 e. The largest absolute Gasteiger partial charge is 0.497 e. The minimum Gasteiger partial charge on any atom is -0.497 e. The van der Waals surface area contributed by atoms with E-state index < -0.39 is 30.1 Å². The zero-order chi connectivity index (χ0) is 29.1. The summed E-state index contributed by atoms with van der Waals surface area (Å²) in [6.45, 7) is 2.90. The van der Waals surface area contributed by atoms with Gasteiger partial charge in [0, 0.05) is 11.6 Å². The van der Waals surface area contributed by atoms with Gasteiger partial charge in [-0.3, -0.25) is 9.36 Å². The van der Waals surface area contributed by atoms with Crippen LogP contribution in [0.2, 0.25) is 10.0 Å². The van der Waals surface area contributed by atoms with Gasteiger partial charge in [0.25, 0.3) is 5.56 Å². The number of nitrogens with zero attached hydrogens (tertiary/aromatic N) is 2. The van der Waals surface area contributed by atoms with Gasteiger partial charge >= 0.3 is 11.9 Å². The number of ether oxygens (including phenoxy) is 4. The number of carbonyl (C=O) groups excluding carboxylic acids is 1. The zero-order valence-electron chi connectivity index (χ0n) is 21.8. The number of hydrogen-bond donors (Lipinski definition) is 1. The van der Waals surface area contributed by atoms with Crippen molar-refractivity contribution in [1.82, 2.24) is 4.57 Å². The number of hydrogen-bond acceptors (Lipinski definition) is 9. The molecule has 13 heteroatoms. The molecule has 0 fully saturated rings. The molecule has 40 heavy (non-hydrogen) atoms. The number of carboxylic acids is 1. The second-order valence-electron chi connectivity index (χ2n) is 8.41. The summed E-state index contributed by atoms with van der Waals surface area (Å²) in [7, 11) is 3.01. The SMILES string of the molecule is CCOC(=O)C1=C(C)N=c2s/c(=C\c3cc(Cl)c(OCC(=O)O)c(Cl)c3)c(=O)n2[C@@H]1c1ccc(OC)cc1OC. The number of benzene rings is 2. The summed E-state index contributed by atoms with van der Waals surface area (Å²) >= 11 is 13.7.